The molecule has 0 fully saturated rings. The summed E-state index contributed by atoms with van der Waals surface area (Å²) < 4.78 is 10.0. The lowest BCUT2D eigenvalue weighted by Crippen LogP contribution is -2.14. The van der Waals surface area contributed by atoms with Gasteiger partial charge in [-0.1, -0.05) is 12.1 Å². The van der Waals surface area contributed by atoms with E-state index in [1.54, 1.807) is 36.4 Å². The second kappa shape index (κ2) is 6.65. The molecule has 2 aromatic rings. The van der Waals surface area contributed by atoms with Crippen molar-refractivity contribution in [3.63, 3.8) is 0 Å². The van der Waals surface area contributed by atoms with E-state index in [4.69, 9.17) is 9.47 Å². The van der Waals surface area contributed by atoms with Crippen LogP contribution in [0.1, 0.15) is 26.4 Å². The molecular weight excluding hydrogens is 270 g/mol. The largest absolute Gasteiger partial charge is 0.497 e. The normalized spacial score (nSPS) is 10.0. The molecule has 0 bridgehead atoms. The van der Waals surface area contributed by atoms with Crippen molar-refractivity contribution in [2.24, 2.45) is 0 Å². The van der Waals surface area contributed by atoms with Gasteiger partial charge in [0.05, 0.1) is 12.7 Å². The van der Waals surface area contributed by atoms with Crippen LogP contribution in [-0.2, 0) is 4.74 Å². The molecule has 5 nitrogen and oxygen atoms in total. The Kier molecular flexibility index (Phi) is 4.66. The van der Waals surface area contributed by atoms with Gasteiger partial charge in [-0.05, 0) is 31.2 Å². The number of carbonyl (C=O) groups excluding carboxylic acids is 2. The number of ketones is 1. The van der Waals surface area contributed by atoms with Gasteiger partial charge in [-0.15, -0.1) is 0 Å². The molecule has 21 heavy (non-hydrogen) atoms. The molecule has 1 aromatic carbocycles. The number of benzene rings is 1. The maximum Gasteiger partial charge on any atom is 0.340 e. The van der Waals surface area contributed by atoms with E-state index in [9.17, 15) is 9.59 Å². The zero-order valence-electron chi connectivity index (χ0n) is 11.8. The van der Waals surface area contributed by atoms with Crippen LogP contribution in [0.4, 0.5) is 0 Å². The van der Waals surface area contributed by atoms with Crippen molar-refractivity contribution < 1.29 is 19.1 Å². The Morgan fingerprint density at radius 1 is 1.14 bits per heavy atom. The maximum absolute atomic E-state index is 12.0. The topological polar surface area (TPSA) is 65.5 Å². The van der Waals surface area contributed by atoms with Gasteiger partial charge in [0.15, 0.2) is 12.4 Å². The number of aromatic nitrogens is 1. The van der Waals surface area contributed by atoms with Gasteiger partial charge in [0, 0.05) is 17.5 Å². The number of methoxy groups -OCH3 is 1. The molecule has 0 N–H and O–H groups in total. The highest BCUT2D eigenvalue weighted by atomic mass is 16.5. The van der Waals surface area contributed by atoms with E-state index >= 15 is 0 Å². The lowest BCUT2D eigenvalue weighted by atomic mass is 10.1. The summed E-state index contributed by atoms with van der Waals surface area (Å²) in [7, 11) is 1.52. The molecule has 2 rings (SSSR count). The standard InChI is InChI=1S/C16H15NO4/c1-11-6-7-13(9-17-11)16(19)21-10-15(18)12-4-3-5-14(8-12)20-2/h3-9H,10H2,1-2H3. The smallest absolute Gasteiger partial charge is 0.340 e. The Morgan fingerprint density at radius 3 is 2.62 bits per heavy atom. The fourth-order valence-corrected chi connectivity index (χ4v) is 1.68. The Bertz CT molecular complexity index is 650. The van der Waals surface area contributed by atoms with Crippen LogP contribution in [-0.4, -0.2) is 30.5 Å². The molecule has 0 saturated heterocycles. The van der Waals surface area contributed by atoms with Crippen LogP contribution >= 0.6 is 0 Å². The first-order valence-electron chi connectivity index (χ1n) is 6.37. The van der Waals surface area contributed by atoms with Crippen LogP contribution in [0.15, 0.2) is 42.6 Å². The zero-order chi connectivity index (χ0) is 15.2. The van der Waals surface area contributed by atoms with E-state index in [1.165, 1.54) is 13.3 Å². The van der Waals surface area contributed by atoms with Crippen molar-refractivity contribution in [2.75, 3.05) is 13.7 Å². The average molecular weight is 285 g/mol. The van der Waals surface area contributed by atoms with Gasteiger partial charge in [-0.3, -0.25) is 9.78 Å². The average Bonchev–Trinajstić information content (AvgIpc) is 2.53. The minimum atomic E-state index is -0.571. The van der Waals surface area contributed by atoms with Crippen LogP contribution in [0.3, 0.4) is 0 Å². The van der Waals surface area contributed by atoms with Crippen LogP contribution in [0.5, 0.6) is 5.75 Å². The number of hydrogen-bond acceptors (Lipinski definition) is 5. The highest BCUT2D eigenvalue weighted by molar-refractivity contribution is 5.99. The highest BCUT2D eigenvalue weighted by Gasteiger charge is 2.12. The SMILES string of the molecule is COc1cccc(C(=O)COC(=O)c2ccc(C)nc2)c1. The van der Waals surface area contributed by atoms with Gasteiger partial charge >= 0.3 is 5.97 Å². The van der Waals surface area contributed by atoms with Gasteiger partial charge in [0.25, 0.3) is 0 Å². The summed E-state index contributed by atoms with van der Waals surface area (Å²) in [5, 5.41) is 0. The van der Waals surface area contributed by atoms with Crippen LogP contribution < -0.4 is 4.74 Å². The number of nitrogens with zero attached hydrogens (tertiary/aromatic N) is 1. The van der Waals surface area contributed by atoms with E-state index in [-0.39, 0.29) is 12.4 Å². The second-order valence-electron chi connectivity index (χ2n) is 4.42. The van der Waals surface area contributed by atoms with Gasteiger partial charge in [-0.25, -0.2) is 4.79 Å². The number of pyridine rings is 1. The summed E-state index contributed by atoms with van der Waals surface area (Å²) in [6.07, 6.45) is 1.42. The van der Waals surface area contributed by atoms with Crippen molar-refractivity contribution in [2.45, 2.75) is 6.92 Å². The van der Waals surface area contributed by atoms with E-state index in [0.29, 0.717) is 16.9 Å². The van der Waals surface area contributed by atoms with Crippen molar-refractivity contribution in [1.82, 2.24) is 4.98 Å². The summed E-state index contributed by atoms with van der Waals surface area (Å²) >= 11 is 0. The Balaban J connectivity index is 1.97. The minimum Gasteiger partial charge on any atom is -0.497 e. The Hall–Kier alpha value is -2.69. The first-order chi connectivity index (χ1) is 10.1. The fraction of sp³-hybridized carbons (Fsp3) is 0.188. The molecule has 1 heterocycles. The number of hydrogen-bond donors (Lipinski definition) is 0. The van der Waals surface area contributed by atoms with Gasteiger partial charge in [-0.2, -0.15) is 0 Å². The molecule has 0 spiro atoms. The van der Waals surface area contributed by atoms with E-state index in [2.05, 4.69) is 4.98 Å². The number of rotatable bonds is 5. The van der Waals surface area contributed by atoms with Crippen molar-refractivity contribution in [3.8, 4) is 5.75 Å². The van der Waals surface area contributed by atoms with Crippen molar-refractivity contribution in [1.29, 1.82) is 0 Å². The number of Topliss-reactive ketones (excluding diaryl/α,β-unsaturated/α-hetero) is 1. The molecule has 0 radical (unpaired) electrons. The molecule has 0 aliphatic rings. The van der Waals surface area contributed by atoms with E-state index < -0.39 is 5.97 Å². The number of ether oxygens (including phenoxy) is 2. The molecular formula is C16H15NO4. The Labute approximate surface area is 122 Å². The van der Waals surface area contributed by atoms with Gasteiger partial charge in [0.1, 0.15) is 5.75 Å². The summed E-state index contributed by atoms with van der Waals surface area (Å²) in [5.41, 5.74) is 1.56. The third kappa shape index (κ3) is 3.89. The molecule has 5 heteroatoms. The van der Waals surface area contributed by atoms with Gasteiger partial charge < -0.3 is 9.47 Å². The van der Waals surface area contributed by atoms with Crippen molar-refractivity contribution in [3.05, 3.63) is 59.4 Å². The van der Waals surface area contributed by atoms with Crippen LogP contribution in [0, 0.1) is 6.92 Å². The summed E-state index contributed by atoms with van der Waals surface area (Å²) in [4.78, 5) is 27.7. The van der Waals surface area contributed by atoms with Crippen molar-refractivity contribution >= 4 is 11.8 Å². The van der Waals surface area contributed by atoms with Crippen LogP contribution in [0.25, 0.3) is 0 Å². The maximum atomic E-state index is 12.0. The Morgan fingerprint density at radius 2 is 1.95 bits per heavy atom. The van der Waals surface area contributed by atoms with Crippen LogP contribution in [0.2, 0.25) is 0 Å². The summed E-state index contributed by atoms with van der Waals surface area (Å²) in [5.74, 6) is -0.282. The van der Waals surface area contributed by atoms with Gasteiger partial charge in [0.2, 0.25) is 0 Å². The molecule has 108 valence electrons. The number of carbonyl (C=O) groups is 2. The number of aryl methyl sites for hydroxylation is 1. The molecule has 1 aromatic heterocycles. The first kappa shape index (κ1) is 14.7. The highest BCUT2D eigenvalue weighted by Crippen LogP contribution is 2.13. The molecule has 0 atom stereocenters. The van der Waals surface area contributed by atoms with E-state index in [1.807, 2.05) is 6.92 Å². The molecule has 0 amide bonds. The monoisotopic (exact) mass is 285 g/mol. The summed E-state index contributed by atoms with van der Waals surface area (Å²) in [6, 6.07) is 10.0. The minimum absolute atomic E-state index is 0.290. The molecule has 0 saturated carbocycles. The van der Waals surface area contributed by atoms with E-state index in [0.717, 1.165) is 5.69 Å². The zero-order valence-corrected chi connectivity index (χ0v) is 11.8. The lowest BCUT2D eigenvalue weighted by molar-refractivity contribution is 0.0474. The lowest BCUT2D eigenvalue weighted by Gasteiger charge is -2.06. The second-order valence-corrected chi connectivity index (χ2v) is 4.42. The molecule has 0 aliphatic carbocycles. The molecule has 0 unspecified atom stereocenters. The first-order valence-corrected chi connectivity index (χ1v) is 6.37. The fourth-order valence-electron chi connectivity index (χ4n) is 1.68. The third-order valence-electron chi connectivity index (χ3n) is 2.87. The summed E-state index contributed by atoms with van der Waals surface area (Å²) in [6.45, 7) is 1.50. The number of esters is 1. The third-order valence-corrected chi connectivity index (χ3v) is 2.87. The predicted octanol–water partition coefficient (Wildman–Crippen LogP) is 2.44. The molecule has 0 aliphatic heterocycles. The quantitative estimate of drug-likeness (QED) is 0.623. The predicted molar refractivity (Wildman–Crippen MR) is 76.6 cm³/mol.